The molecule has 0 saturated carbocycles. The highest BCUT2D eigenvalue weighted by Gasteiger charge is 2.38. The molecule has 3 aromatic carbocycles. The van der Waals surface area contributed by atoms with Crippen LogP contribution in [0.2, 0.25) is 0 Å². The van der Waals surface area contributed by atoms with Crippen molar-refractivity contribution in [1.82, 2.24) is 34.6 Å². The van der Waals surface area contributed by atoms with E-state index in [1.165, 1.54) is 0 Å². The van der Waals surface area contributed by atoms with Crippen molar-refractivity contribution in [1.29, 1.82) is 0 Å². The van der Waals surface area contributed by atoms with Gasteiger partial charge in [-0.25, -0.2) is 14.8 Å². The minimum Gasteiger partial charge on any atom is -0.493 e. The number of nitrogens with zero attached hydrogens (tertiary/aromatic N) is 7. The number of urea groups is 1. The van der Waals surface area contributed by atoms with Gasteiger partial charge in [0, 0.05) is 50.6 Å². The molecule has 0 N–H and O–H groups in total. The third kappa shape index (κ3) is 9.41. The summed E-state index contributed by atoms with van der Waals surface area (Å²) >= 11 is 0. The van der Waals surface area contributed by atoms with Gasteiger partial charge in [-0.05, 0) is 91.7 Å². The highest BCUT2D eigenvalue weighted by Crippen LogP contribution is 2.37. The van der Waals surface area contributed by atoms with Crippen molar-refractivity contribution in [2.45, 2.75) is 37.9 Å². The second-order valence-corrected chi connectivity index (χ2v) is 16.0. The van der Waals surface area contributed by atoms with Crippen molar-refractivity contribution in [3.8, 4) is 57.3 Å². The Morgan fingerprint density at radius 2 is 1.12 bits per heavy atom. The molecule has 66 heavy (non-hydrogen) atoms. The monoisotopic (exact) mass is 891 g/mol. The maximum atomic E-state index is 13.1. The van der Waals surface area contributed by atoms with E-state index >= 15 is 0 Å². The lowest BCUT2D eigenvalue weighted by Crippen LogP contribution is -2.35. The maximum absolute atomic E-state index is 13.1. The second-order valence-electron chi connectivity index (χ2n) is 16.0. The standard InChI is InChI=1S/C29H30N4O4.C22H23N3O4/c1-19(20-9-6-5-7-10-20)33-17-22(32(2)29(33)34)18-37-28-23-11-8-14-30-25(23)16-24(31-28)21-12-13-26(35-3)27(15-21)36-4;1-25-15(7-9-21(25)26)13-29-22-16-5-4-10-23-18(16)12-17(24-22)14-6-8-19(27-2)20(11-14)28-3/h5-16,19,22H,17-18H2,1-4H3;4-6,8,10-12,15H,7,9,13H2,1-3H3/t19-,22-;15-/m11/s1. The van der Waals surface area contributed by atoms with Crippen molar-refractivity contribution < 1.29 is 38.0 Å². The number of likely N-dealkylation sites (tertiary alicyclic amines) is 1. The normalized spacial score (nSPS) is 16.3. The molecule has 15 nitrogen and oxygen atoms in total. The van der Waals surface area contributed by atoms with Crippen molar-refractivity contribution >= 4 is 33.7 Å². The molecule has 340 valence electrons. The highest BCUT2D eigenvalue weighted by atomic mass is 16.5. The number of benzene rings is 3. The summed E-state index contributed by atoms with van der Waals surface area (Å²) in [6.07, 6.45) is 4.84. The number of hydrogen-bond acceptors (Lipinski definition) is 12. The quantitative estimate of drug-likeness (QED) is 0.103. The summed E-state index contributed by atoms with van der Waals surface area (Å²) in [5, 5.41) is 1.65. The van der Waals surface area contributed by atoms with E-state index in [0.717, 1.165) is 50.6 Å². The average Bonchev–Trinajstić information content (AvgIpc) is 3.85. The van der Waals surface area contributed by atoms with Gasteiger partial charge in [0.25, 0.3) is 0 Å². The molecule has 7 aromatic rings. The zero-order chi connectivity index (χ0) is 46.3. The Balaban J connectivity index is 0.000000185. The first-order chi connectivity index (χ1) is 32.1. The number of pyridine rings is 4. The SMILES string of the molecule is COc1ccc(-c2cc3ncccc3c(OC[C@H]3CCC(=O)N3C)n2)cc1OC.COc1ccc(-c2cc3ncccc3c(OC[C@H]3CN([C@H](C)c4ccccc4)C(=O)N3C)n2)cc1OC. The fourth-order valence-corrected chi connectivity index (χ4v) is 8.19. The predicted molar refractivity (Wildman–Crippen MR) is 251 cm³/mol. The van der Waals surface area contributed by atoms with Gasteiger partial charge in [0.1, 0.15) is 13.2 Å². The molecule has 0 spiro atoms. The first-order valence-corrected chi connectivity index (χ1v) is 21.7. The third-order valence-electron chi connectivity index (χ3n) is 12.2. The number of rotatable bonds is 14. The van der Waals surface area contributed by atoms with Gasteiger partial charge >= 0.3 is 6.03 Å². The molecule has 0 radical (unpaired) electrons. The molecule has 15 heteroatoms. The Bertz CT molecular complexity index is 2850. The molecule has 4 aromatic heterocycles. The predicted octanol–water partition coefficient (Wildman–Crippen LogP) is 8.50. The number of hydrogen-bond donors (Lipinski definition) is 0. The molecular formula is C51H53N7O8. The topological polar surface area (TPSA) is 151 Å². The molecule has 0 aliphatic carbocycles. The van der Waals surface area contributed by atoms with Crippen LogP contribution in [0, 0.1) is 0 Å². The van der Waals surface area contributed by atoms with Crippen molar-refractivity contribution in [2.24, 2.45) is 0 Å². The summed E-state index contributed by atoms with van der Waals surface area (Å²) in [5.41, 5.74) is 5.82. The summed E-state index contributed by atoms with van der Waals surface area (Å²) in [6, 6.07) is 32.7. The zero-order valence-electron chi connectivity index (χ0n) is 38.1. The van der Waals surface area contributed by atoms with Crippen LogP contribution in [0.5, 0.6) is 34.8 Å². The van der Waals surface area contributed by atoms with E-state index < -0.39 is 0 Å². The molecule has 2 aliphatic heterocycles. The van der Waals surface area contributed by atoms with Gasteiger partial charge in [-0.3, -0.25) is 14.8 Å². The lowest BCUT2D eigenvalue weighted by molar-refractivity contribution is -0.127. The number of likely N-dealkylation sites (N-methyl/N-ethyl adjacent to an activating group) is 2. The van der Waals surface area contributed by atoms with Crippen LogP contribution in [0.15, 0.2) is 116 Å². The minimum absolute atomic E-state index is 0.0106. The van der Waals surface area contributed by atoms with Gasteiger partial charge in [-0.1, -0.05) is 30.3 Å². The van der Waals surface area contributed by atoms with E-state index in [4.69, 9.17) is 38.4 Å². The summed E-state index contributed by atoms with van der Waals surface area (Å²) in [7, 11) is 10.1. The molecule has 0 unspecified atom stereocenters. The van der Waals surface area contributed by atoms with E-state index in [0.29, 0.717) is 66.6 Å². The Morgan fingerprint density at radius 1 is 0.606 bits per heavy atom. The Kier molecular flexibility index (Phi) is 13.6. The van der Waals surface area contributed by atoms with Gasteiger partial charge in [0.05, 0.1) is 79.8 Å². The van der Waals surface area contributed by atoms with Crippen molar-refractivity contribution in [3.63, 3.8) is 0 Å². The van der Waals surface area contributed by atoms with Crippen LogP contribution < -0.4 is 28.4 Å². The lowest BCUT2D eigenvalue weighted by atomic mass is 10.1. The van der Waals surface area contributed by atoms with E-state index in [9.17, 15) is 9.59 Å². The molecule has 2 aliphatic rings. The van der Waals surface area contributed by atoms with Crippen LogP contribution in [-0.2, 0) is 4.79 Å². The fraction of sp³-hybridized carbons (Fsp3) is 0.294. The Labute approximate surface area is 383 Å². The summed E-state index contributed by atoms with van der Waals surface area (Å²) in [5.74, 6) is 3.67. The number of aromatic nitrogens is 4. The Morgan fingerprint density at radius 3 is 1.61 bits per heavy atom. The van der Waals surface area contributed by atoms with Gasteiger partial charge in [-0.15, -0.1) is 0 Å². The molecule has 6 heterocycles. The fourth-order valence-electron chi connectivity index (χ4n) is 8.19. The molecular weight excluding hydrogens is 839 g/mol. The van der Waals surface area contributed by atoms with E-state index in [1.807, 2.05) is 122 Å². The van der Waals surface area contributed by atoms with Crippen LogP contribution in [0.3, 0.4) is 0 Å². The van der Waals surface area contributed by atoms with Gasteiger partial charge in [-0.2, -0.15) is 0 Å². The smallest absolute Gasteiger partial charge is 0.320 e. The summed E-state index contributed by atoms with van der Waals surface area (Å²) in [6.45, 7) is 3.33. The number of ether oxygens (including phenoxy) is 6. The van der Waals surface area contributed by atoms with E-state index in [2.05, 4.69) is 16.9 Å². The first-order valence-electron chi connectivity index (χ1n) is 21.7. The molecule has 3 amide bonds. The molecule has 9 rings (SSSR count). The number of carbonyl (C=O) groups is 2. The number of carbonyl (C=O) groups excluding carboxylic acids is 2. The van der Waals surface area contributed by atoms with Crippen LogP contribution in [0.4, 0.5) is 4.79 Å². The van der Waals surface area contributed by atoms with Crippen LogP contribution >= 0.6 is 0 Å². The van der Waals surface area contributed by atoms with E-state index in [-0.39, 0.29) is 30.1 Å². The van der Waals surface area contributed by atoms with E-state index in [1.54, 1.807) is 50.6 Å². The van der Waals surface area contributed by atoms with Gasteiger partial charge in [0.15, 0.2) is 23.0 Å². The third-order valence-corrected chi connectivity index (χ3v) is 12.2. The van der Waals surface area contributed by atoms with Crippen molar-refractivity contribution in [3.05, 3.63) is 121 Å². The maximum Gasteiger partial charge on any atom is 0.320 e. The average molecular weight is 892 g/mol. The second kappa shape index (κ2) is 20.0. The van der Waals surface area contributed by atoms with Gasteiger partial charge in [0.2, 0.25) is 17.7 Å². The van der Waals surface area contributed by atoms with Crippen LogP contribution in [0.1, 0.15) is 31.4 Å². The first kappa shape index (κ1) is 44.9. The van der Waals surface area contributed by atoms with Crippen LogP contribution in [0.25, 0.3) is 44.3 Å². The van der Waals surface area contributed by atoms with Crippen molar-refractivity contribution in [2.75, 3.05) is 62.3 Å². The lowest BCUT2D eigenvalue weighted by Gasteiger charge is -2.24. The largest absolute Gasteiger partial charge is 0.493 e. The number of methoxy groups -OCH3 is 4. The number of fused-ring (bicyclic) bond motifs is 2. The molecule has 2 fully saturated rings. The zero-order valence-corrected chi connectivity index (χ0v) is 38.1. The number of amides is 3. The minimum atomic E-state index is -0.114. The molecule has 3 atom stereocenters. The molecule has 2 saturated heterocycles. The highest BCUT2D eigenvalue weighted by molar-refractivity contribution is 5.88. The van der Waals surface area contributed by atoms with Crippen LogP contribution in [-0.4, -0.2) is 121 Å². The Hall–Kier alpha value is -7.68. The summed E-state index contributed by atoms with van der Waals surface area (Å²) in [4.78, 5) is 48.8. The summed E-state index contributed by atoms with van der Waals surface area (Å²) < 4.78 is 34.0. The molecule has 0 bridgehead atoms. The van der Waals surface area contributed by atoms with Gasteiger partial charge < -0.3 is 43.1 Å².